The second-order valence-electron chi connectivity index (χ2n) is 6.71. The number of nitriles is 1. The lowest BCUT2D eigenvalue weighted by Gasteiger charge is -2.35. The van der Waals surface area contributed by atoms with Crippen molar-refractivity contribution in [1.29, 1.82) is 5.26 Å². The Morgan fingerprint density at radius 3 is 2.39 bits per heavy atom. The molecule has 0 radical (unpaired) electrons. The van der Waals surface area contributed by atoms with Crippen LogP contribution in [0.4, 0.5) is 5.82 Å². The molecule has 28 heavy (non-hydrogen) atoms. The van der Waals surface area contributed by atoms with Crippen LogP contribution in [0.2, 0.25) is 0 Å². The van der Waals surface area contributed by atoms with Crippen LogP contribution < -0.4 is 4.90 Å². The smallest absolute Gasteiger partial charge is 0.253 e. The first kappa shape index (κ1) is 17.7. The van der Waals surface area contributed by atoms with E-state index < -0.39 is 0 Å². The molecular weight excluding hydrogens is 348 g/mol. The Hall–Kier alpha value is -3.65. The molecule has 0 saturated carbocycles. The summed E-state index contributed by atoms with van der Waals surface area (Å²) in [5.74, 6) is 0.738. The lowest BCUT2D eigenvalue weighted by Crippen LogP contribution is -2.49. The summed E-state index contributed by atoms with van der Waals surface area (Å²) in [6, 6.07) is 23.6. The fourth-order valence-corrected chi connectivity index (χ4v) is 3.50. The minimum absolute atomic E-state index is 0.0407. The zero-order valence-corrected chi connectivity index (χ0v) is 15.5. The zero-order valence-electron chi connectivity index (χ0n) is 15.5. The Balaban J connectivity index is 1.47. The maximum absolute atomic E-state index is 13.0. The molecule has 1 aromatic heterocycles. The number of nitrogens with zero attached hydrogens (tertiary/aromatic N) is 4. The SMILES string of the molecule is N#Cc1cccnc1N1CCN(C(=O)c2cccc(-c3ccccc3)c2)CC1. The largest absolute Gasteiger partial charge is 0.352 e. The Kier molecular flexibility index (Phi) is 5.03. The van der Waals surface area contributed by atoms with Crippen LogP contribution in [0, 0.1) is 11.3 Å². The molecule has 0 N–H and O–H groups in total. The van der Waals surface area contributed by atoms with Gasteiger partial charge in [-0.2, -0.15) is 5.26 Å². The maximum atomic E-state index is 13.0. The number of benzene rings is 2. The van der Waals surface area contributed by atoms with E-state index in [0.717, 1.165) is 11.1 Å². The Morgan fingerprint density at radius 1 is 0.893 bits per heavy atom. The van der Waals surface area contributed by atoms with Gasteiger partial charge in [0.15, 0.2) is 0 Å². The molecular formula is C23H20N4O. The van der Waals surface area contributed by atoms with Crippen LogP contribution in [-0.4, -0.2) is 42.0 Å². The molecule has 0 unspecified atom stereocenters. The number of anilines is 1. The molecule has 5 nitrogen and oxygen atoms in total. The van der Waals surface area contributed by atoms with Crippen molar-refractivity contribution in [1.82, 2.24) is 9.88 Å². The summed E-state index contributed by atoms with van der Waals surface area (Å²) in [5, 5.41) is 9.28. The summed E-state index contributed by atoms with van der Waals surface area (Å²) in [6.45, 7) is 2.54. The number of carbonyl (C=O) groups is 1. The van der Waals surface area contributed by atoms with E-state index in [1.54, 1.807) is 18.3 Å². The first-order valence-corrected chi connectivity index (χ1v) is 9.31. The van der Waals surface area contributed by atoms with Gasteiger partial charge in [-0.05, 0) is 35.4 Å². The van der Waals surface area contributed by atoms with Crippen molar-refractivity contribution in [2.75, 3.05) is 31.1 Å². The first-order chi connectivity index (χ1) is 13.8. The summed E-state index contributed by atoms with van der Waals surface area (Å²) >= 11 is 0. The first-order valence-electron chi connectivity index (χ1n) is 9.31. The average molecular weight is 368 g/mol. The molecule has 3 aromatic rings. The minimum atomic E-state index is 0.0407. The third kappa shape index (κ3) is 3.58. The predicted molar refractivity (Wildman–Crippen MR) is 109 cm³/mol. The summed E-state index contributed by atoms with van der Waals surface area (Å²) < 4.78 is 0. The van der Waals surface area contributed by atoms with Gasteiger partial charge < -0.3 is 9.80 Å². The van der Waals surface area contributed by atoms with Gasteiger partial charge in [-0.25, -0.2) is 4.98 Å². The highest BCUT2D eigenvalue weighted by Crippen LogP contribution is 2.22. The number of piperazine rings is 1. The quantitative estimate of drug-likeness (QED) is 0.709. The van der Waals surface area contributed by atoms with E-state index in [1.165, 1.54) is 0 Å². The van der Waals surface area contributed by atoms with Gasteiger partial charge >= 0.3 is 0 Å². The average Bonchev–Trinajstić information content (AvgIpc) is 2.79. The topological polar surface area (TPSA) is 60.2 Å². The normalized spacial score (nSPS) is 13.8. The lowest BCUT2D eigenvalue weighted by atomic mass is 10.0. The number of carbonyl (C=O) groups excluding carboxylic acids is 1. The van der Waals surface area contributed by atoms with Crippen molar-refractivity contribution in [3.8, 4) is 17.2 Å². The minimum Gasteiger partial charge on any atom is -0.352 e. The number of amides is 1. The molecule has 0 spiro atoms. The predicted octanol–water partition coefficient (Wildman–Crippen LogP) is 3.58. The molecule has 1 aliphatic heterocycles. The van der Waals surface area contributed by atoms with Crippen LogP contribution in [0.3, 0.4) is 0 Å². The lowest BCUT2D eigenvalue weighted by molar-refractivity contribution is 0.0746. The number of rotatable bonds is 3. The van der Waals surface area contributed by atoms with Gasteiger partial charge in [-0.15, -0.1) is 0 Å². The molecule has 1 fully saturated rings. The highest BCUT2D eigenvalue weighted by atomic mass is 16.2. The molecule has 0 atom stereocenters. The standard InChI is InChI=1S/C23H20N4O/c24-17-21-10-5-11-25-22(21)26-12-14-27(15-13-26)23(28)20-9-4-8-19(16-20)18-6-2-1-3-7-18/h1-11,16H,12-15H2. The molecule has 4 rings (SSSR count). The Labute approximate surface area is 164 Å². The molecule has 2 heterocycles. The van der Waals surface area contributed by atoms with Crippen LogP contribution >= 0.6 is 0 Å². The fraction of sp³-hybridized carbons (Fsp3) is 0.174. The Bertz CT molecular complexity index is 1020. The summed E-state index contributed by atoms with van der Waals surface area (Å²) in [5.41, 5.74) is 3.40. The van der Waals surface area contributed by atoms with Crippen molar-refractivity contribution >= 4 is 11.7 Å². The van der Waals surface area contributed by atoms with Crippen LogP contribution in [0.5, 0.6) is 0 Å². The van der Waals surface area contributed by atoms with Gasteiger partial charge in [0.05, 0.1) is 5.56 Å². The van der Waals surface area contributed by atoms with Crippen LogP contribution in [0.1, 0.15) is 15.9 Å². The van der Waals surface area contributed by atoms with Crippen molar-refractivity contribution in [3.63, 3.8) is 0 Å². The van der Waals surface area contributed by atoms with E-state index in [-0.39, 0.29) is 5.91 Å². The monoisotopic (exact) mass is 368 g/mol. The summed E-state index contributed by atoms with van der Waals surface area (Å²) in [4.78, 5) is 21.3. The number of aromatic nitrogens is 1. The molecule has 5 heteroatoms. The Morgan fingerprint density at radius 2 is 1.64 bits per heavy atom. The van der Waals surface area contributed by atoms with Gasteiger partial charge in [-0.1, -0.05) is 42.5 Å². The molecule has 0 aliphatic carbocycles. The molecule has 138 valence electrons. The van der Waals surface area contributed by atoms with E-state index in [4.69, 9.17) is 0 Å². The second-order valence-corrected chi connectivity index (χ2v) is 6.71. The van der Waals surface area contributed by atoms with E-state index in [2.05, 4.69) is 16.0 Å². The van der Waals surface area contributed by atoms with Crippen LogP contribution in [-0.2, 0) is 0 Å². The third-order valence-corrected chi connectivity index (χ3v) is 4.99. The van der Waals surface area contributed by atoms with Gasteiger partial charge in [0.25, 0.3) is 5.91 Å². The molecule has 1 amide bonds. The highest BCUT2D eigenvalue weighted by molar-refractivity contribution is 5.95. The van der Waals surface area contributed by atoms with Crippen LogP contribution in [0.25, 0.3) is 11.1 Å². The highest BCUT2D eigenvalue weighted by Gasteiger charge is 2.24. The van der Waals surface area contributed by atoms with Gasteiger partial charge in [-0.3, -0.25) is 4.79 Å². The maximum Gasteiger partial charge on any atom is 0.253 e. The molecule has 1 saturated heterocycles. The molecule has 0 bridgehead atoms. The second kappa shape index (κ2) is 7.93. The van der Waals surface area contributed by atoms with E-state index >= 15 is 0 Å². The van der Waals surface area contributed by atoms with Crippen molar-refractivity contribution in [2.45, 2.75) is 0 Å². The molecule has 1 aliphatic rings. The van der Waals surface area contributed by atoms with Gasteiger partial charge in [0.1, 0.15) is 11.9 Å². The number of hydrogen-bond acceptors (Lipinski definition) is 4. The summed E-state index contributed by atoms with van der Waals surface area (Å²) in [7, 11) is 0. The van der Waals surface area contributed by atoms with E-state index in [9.17, 15) is 10.1 Å². The van der Waals surface area contributed by atoms with Crippen molar-refractivity contribution in [2.24, 2.45) is 0 Å². The number of hydrogen-bond donors (Lipinski definition) is 0. The fourth-order valence-electron chi connectivity index (χ4n) is 3.50. The van der Waals surface area contributed by atoms with Crippen molar-refractivity contribution in [3.05, 3.63) is 84.1 Å². The van der Waals surface area contributed by atoms with E-state index in [1.807, 2.05) is 59.5 Å². The third-order valence-electron chi connectivity index (χ3n) is 4.99. The summed E-state index contributed by atoms with van der Waals surface area (Å²) in [6.07, 6.45) is 1.70. The number of pyridine rings is 1. The van der Waals surface area contributed by atoms with Crippen LogP contribution in [0.15, 0.2) is 72.9 Å². The molecule has 2 aromatic carbocycles. The van der Waals surface area contributed by atoms with Gasteiger partial charge in [0.2, 0.25) is 0 Å². The zero-order chi connectivity index (χ0) is 19.3. The van der Waals surface area contributed by atoms with Gasteiger partial charge in [0, 0.05) is 37.9 Å². The van der Waals surface area contributed by atoms with Crippen molar-refractivity contribution < 1.29 is 4.79 Å². The van der Waals surface area contributed by atoms with E-state index in [0.29, 0.717) is 43.1 Å².